The normalized spacial score (nSPS) is 10.5. The number of hydrogen-bond acceptors (Lipinski definition) is 3. The molecule has 3 aromatic rings. The minimum Gasteiger partial charge on any atom is -0.325 e. The summed E-state index contributed by atoms with van der Waals surface area (Å²) in [5.41, 5.74) is 1.11. The van der Waals surface area contributed by atoms with Crippen LogP contribution in [0.3, 0.4) is 0 Å². The number of nitrogens with zero attached hydrogens (tertiary/aromatic N) is 1. The van der Waals surface area contributed by atoms with Crippen LogP contribution in [-0.2, 0) is 4.79 Å². The molecule has 3 nitrogen and oxygen atoms in total. The molecular weight excluding hydrogens is 256 g/mol. The van der Waals surface area contributed by atoms with Crippen molar-refractivity contribution in [1.82, 2.24) is 0 Å². The molecule has 0 saturated carbocycles. The van der Waals surface area contributed by atoms with E-state index >= 15 is 0 Å². The van der Waals surface area contributed by atoms with Crippen molar-refractivity contribution < 1.29 is 4.79 Å². The Bertz CT molecular complexity index is 842. The van der Waals surface area contributed by atoms with Crippen molar-refractivity contribution in [3.63, 3.8) is 0 Å². The summed E-state index contributed by atoms with van der Waals surface area (Å²) in [6, 6.07) is 13.9. The van der Waals surface area contributed by atoms with Gasteiger partial charge in [0.1, 0.15) is 6.07 Å². The molecule has 0 aliphatic carbocycles. The van der Waals surface area contributed by atoms with Crippen LogP contribution >= 0.6 is 11.3 Å². The third-order valence-electron chi connectivity index (χ3n) is 2.97. The molecule has 0 bridgehead atoms. The number of thiophene rings is 1. The summed E-state index contributed by atoms with van der Waals surface area (Å²) in [6.45, 7) is 1.44. The van der Waals surface area contributed by atoms with Gasteiger partial charge in [0, 0.05) is 27.1 Å². The number of amides is 1. The Morgan fingerprint density at radius 3 is 2.74 bits per heavy atom. The SMILES string of the molecule is CC(=O)Nc1ccc2sc3ccccc3c2c1C#N. The zero-order valence-electron chi connectivity index (χ0n) is 10.2. The highest BCUT2D eigenvalue weighted by molar-refractivity contribution is 7.25. The predicted molar refractivity (Wildman–Crippen MR) is 78.3 cm³/mol. The Kier molecular flexibility index (Phi) is 2.69. The number of rotatable bonds is 1. The second-order valence-corrected chi connectivity index (χ2v) is 5.34. The molecule has 1 heterocycles. The molecule has 19 heavy (non-hydrogen) atoms. The molecule has 0 atom stereocenters. The Morgan fingerprint density at radius 2 is 2.00 bits per heavy atom. The van der Waals surface area contributed by atoms with Gasteiger partial charge < -0.3 is 5.32 Å². The van der Waals surface area contributed by atoms with E-state index in [0.717, 1.165) is 20.2 Å². The first-order chi connectivity index (χ1) is 9.20. The highest BCUT2D eigenvalue weighted by atomic mass is 32.1. The molecule has 0 spiro atoms. The molecule has 1 amide bonds. The minimum atomic E-state index is -0.171. The first kappa shape index (κ1) is 11.7. The highest BCUT2D eigenvalue weighted by Crippen LogP contribution is 2.38. The van der Waals surface area contributed by atoms with Crippen LogP contribution in [0.15, 0.2) is 36.4 Å². The van der Waals surface area contributed by atoms with E-state index in [9.17, 15) is 10.1 Å². The number of fused-ring (bicyclic) bond motifs is 3. The smallest absolute Gasteiger partial charge is 0.221 e. The van der Waals surface area contributed by atoms with Crippen LogP contribution in [-0.4, -0.2) is 5.91 Å². The van der Waals surface area contributed by atoms with E-state index in [4.69, 9.17) is 0 Å². The molecule has 3 rings (SSSR count). The van der Waals surface area contributed by atoms with Gasteiger partial charge in [-0.15, -0.1) is 11.3 Å². The van der Waals surface area contributed by atoms with E-state index in [1.54, 1.807) is 17.4 Å². The second-order valence-electron chi connectivity index (χ2n) is 4.25. The fourth-order valence-electron chi connectivity index (χ4n) is 2.23. The predicted octanol–water partition coefficient (Wildman–Crippen LogP) is 3.88. The maximum Gasteiger partial charge on any atom is 0.221 e. The van der Waals surface area contributed by atoms with Gasteiger partial charge in [-0.2, -0.15) is 5.26 Å². The summed E-state index contributed by atoms with van der Waals surface area (Å²) in [5.74, 6) is -0.171. The van der Waals surface area contributed by atoms with Crippen LogP contribution < -0.4 is 5.32 Å². The lowest BCUT2D eigenvalue weighted by atomic mass is 10.1. The van der Waals surface area contributed by atoms with Crippen molar-refractivity contribution in [1.29, 1.82) is 5.26 Å². The molecule has 4 heteroatoms. The average molecular weight is 266 g/mol. The molecular formula is C15H10N2OS. The van der Waals surface area contributed by atoms with Gasteiger partial charge in [0.15, 0.2) is 0 Å². The van der Waals surface area contributed by atoms with Crippen molar-refractivity contribution >= 4 is 43.1 Å². The van der Waals surface area contributed by atoms with Crippen molar-refractivity contribution in [2.45, 2.75) is 6.92 Å². The first-order valence-corrected chi connectivity index (χ1v) is 6.64. The fraction of sp³-hybridized carbons (Fsp3) is 0.0667. The molecule has 1 aromatic heterocycles. The van der Waals surface area contributed by atoms with E-state index in [1.165, 1.54) is 6.92 Å². The number of nitriles is 1. The third-order valence-corrected chi connectivity index (χ3v) is 4.10. The second kappa shape index (κ2) is 4.38. The maximum atomic E-state index is 11.2. The number of carbonyl (C=O) groups is 1. The van der Waals surface area contributed by atoms with Gasteiger partial charge in [0.05, 0.1) is 11.3 Å². The van der Waals surface area contributed by atoms with Gasteiger partial charge in [-0.3, -0.25) is 4.79 Å². The van der Waals surface area contributed by atoms with Gasteiger partial charge in [-0.1, -0.05) is 18.2 Å². The lowest BCUT2D eigenvalue weighted by Crippen LogP contribution is -2.07. The standard InChI is InChI=1S/C15H10N2OS/c1-9(18)17-12-6-7-14-15(11(12)8-16)10-4-2-3-5-13(10)19-14/h2-7H,1H3,(H,17,18). The van der Waals surface area contributed by atoms with Crippen LogP contribution in [0, 0.1) is 11.3 Å². The summed E-state index contributed by atoms with van der Waals surface area (Å²) < 4.78 is 2.21. The average Bonchev–Trinajstić information content (AvgIpc) is 2.77. The van der Waals surface area contributed by atoms with Crippen molar-refractivity contribution in [3.8, 4) is 6.07 Å². The van der Waals surface area contributed by atoms with Crippen LogP contribution in [0.1, 0.15) is 12.5 Å². The quantitative estimate of drug-likeness (QED) is 0.726. The number of carbonyl (C=O) groups excluding carboxylic acids is 1. The molecule has 1 N–H and O–H groups in total. The summed E-state index contributed by atoms with van der Waals surface area (Å²) in [7, 11) is 0. The zero-order chi connectivity index (χ0) is 13.4. The topological polar surface area (TPSA) is 52.9 Å². The van der Waals surface area contributed by atoms with Gasteiger partial charge in [0.25, 0.3) is 0 Å². The number of nitrogens with one attached hydrogen (secondary N) is 1. The van der Waals surface area contributed by atoms with E-state index < -0.39 is 0 Å². The Morgan fingerprint density at radius 1 is 1.21 bits per heavy atom. The molecule has 92 valence electrons. The van der Waals surface area contributed by atoms with Gasteiger partial charge in [-0.25, -0.2) is 0 Å². The highest BCUT2D eigenvalue weighted by Gasteiger charge is 2.13. The van der Waals surface area contributed by atoms with E-state index in [1.807, 2.05) is 30.3 Å². The molecule has 2 aromatic carbocycles. The largest absolute Gasteiger partial charge is 0.325 e. The molecule has 0 fully saturated rings. The monoisotopic (exact) mass is 266 g/mol. The molecule has 0 aliphatic heterocycles. The van der Waals surface area contributed by atoms with Crippen molar-refractivity contribution in [2.24, 2.45) is 0 Å². The van der Waals surface area contributed by atoms with Crippen molar-refractivity contribution in [2.75, 3.05) is 5.32 Å². The fourth-order valence-corrected chi connectivity index (χ4v) is 3.34. The molecule has 0 radical (unpaired) electrons. The Labute approximate surface area is 114 Å². The van der Waals surface area contributed by atoms with Crippen LogP contribution in [0.2, 0.25) is 0 Å². The van der Waals surface area contributed by atoms with E-state index in [0.29, 0.717) is 11.3 Å². The van der Waals surface area contributed by atoms with E-state index in [-0.39, 0.29) is 5.91 Å². The summed E-state index contributed by atoms with van der Waals surface area (Å²) in [5, 5.41) is 14.1. The number of hydrogen-bond donors (Lipinski definition) is 1. The molecule has 0 saturated heterocycles. The lowest BCUT2D eigenvalue weighted by molar-refractivity contribution is -0.114. The minimum absolute atomic E-state index is 0.171. The van der Waals surface area contributed by atoms with Crippen molar-refractivity contribution in [3.05, 3.63) is 42.0 Å². The van der Waals surface area contributed by atoms with Crippen LogP contribution in [0.5, 0.6) is 0 Å². The van der Waals surface area contributed by atoms with Gasteiger partial charge in [0.2, 0.25) is 5.91 Å². The Hall–Kier alpha value is -2.38. The number of benzene rings is 2. The van der Waals surface area contributed by atoms with Gasteiger partial charge in [-0.05, 0) is 18.2 Å². The van der Waals surface area contributed by atoms with Gasteiger partial charge >= 0.3 is 0 Å². The number of anilines is 1. The Balaban J connectivity index is 2.41. The third kappa shape index (κ3) is 1.85. The summed E-state index contributed by atoms with van der Waals surface area (Å²) >= 11 is 1.65. The van der Waals surface area contributed by atoms with Crippen LogP contribution in [0.4, 0.5) is 5.69 Å². The summed E-state index contributed by atoms with van der Waals surface area (Å²) in [4.78, 5) is 11.2. The molecule has 0 aliphatic rings. The summed E-state index contributed by atoms with van der Waals surface area (Å²) in [6.07, 6.45) is 0. The van der Waals surface area contributed by atoms with E-state index in [2.05, 4.69) is 11.4 Å². The molecule has 0 unspecified atom stereocenters. The first-order valence-electron chi connectivity index (χ1n) is 5.82. The maximum absolute atomic E-state index is 11.2. The zero-order valence-corrected chi connectivity index (χ0v) is 11.0. The lowest BCUT2D eigenvalue weighted by Gasteiger charge is -2.05. The van der Waals surface area contributed by atoms with Crippen LogP contribution in [0.25, 0.3) is 20.2 Å².